The Labute approximate surface area is 167 Å². The highest BCUT2D eigenvalue weighted by Gasteiger charge is 2.18. The molecule has 0 fully saturated rings. The van der Waals surface area contributed by atoms with Gasteiger partial charge in [0.15, 0.2) is 15.8 Å². The monoisotopic (exact) mass is 485 g/mol. The first-order valence-corrected chi connectivity index (χ1v) is 9.86. The van der Waals surface area contributed by atoms with E-state index in [2.05, 4.69) is 36.4 Å². The maximum atomic E-state index is 13.6. The molecule has 0 spiro atoms. The van der Waals surface area contributed by atoms with Crippen LogP contribution in [0.25, 0.3) is 0 Å². The Balaban J connectivity index is 0.00000576. The molecule has 0 heterocycles. The molecule has 0 aliphatic carbocycles. The van der Waals surface area contributed by atoms with Gasteiger partial charge < -0.3 is 10.6 Å². The Kier molecular flexibility index (Phi) is 11.2. The van der Waals surface area contributed by atoms with Crippen LogP contribution in [-0.4, -0.2) is 39.8 Å². The highest BCUT2D eigenvalue weighted by atomic mass is 127. The molecule has 0 aliphatic rings. The van der Waals surface area contributed by atoms with Crippen LogP contribution in [0.5, 0.6) is 0 Å². The van der Waals surface area contributed by atoms with Gasteiger partial charge in [0.1, 0.15) is 10.7 Å². The van der Waals surface area contributed by atoms with E-state index in [9.17, 15) is 12.8 Å². The highest BCUT2D eigenvalue weighted by molar-refractivity contribution is 14.0. The summed E-state index contributed by atoms with van der Waals surface area (Å²) in [6.07, 6.45) is 2.11. The summed E-state index contributed by atoms with van der Waals surface area (Å²) >= 11 is 0. The number of nitrogens with zero attached hydrogens (tertiary/aromatic N) is 1. The Bertz CT molecular complexity index is 651. The molecule has 0 bridgehead atoms. The molecular weight excluding hydrogens is 456 g/mol. The fourth-order valence-electron chi connectivity index (χ4n) is 2.19. The van der Waals surface area contributed by atoms with Crippen molar-refractivity contribution < 1.29 is 12.8 Å². The van der Waals surface area contributed by atoms with Crippen molar-refractivity contribution in [2.24, 2.45) is 10.9 Å². The third-order valence-electron chi connectivity index (χ3n) is 3.62. The molecule has 0 amide bonds. The van der Waals surface area contributed by atoms with Crippen LogP contribution < -0.4 is 10.6 Å². The number of hydrogen-bond donors (Lipinski definition) is 2. The van der Waals surface area contributed by atoms with Crippen molar-refractivity contribution >= 4 is 39.8 Å². The van der Waals surface area contributed by atoms with E-state index in [4.69, 9.17) is 0 Å². The molecule has 0 radical (unpaired) electrons. The van der Waals surface area contributed by atoms with Gasteiger partial charge in [0.2, 0.25) is 0 Å². The molecule has 2 N–H and O–H groups in total. The molecule has 1 rings (SSSR count). The van der Waals surface area contributed by atoms with Gasteiger partial charge in [-0.05, 0) is 37.8 Å². The standard InChI is InChI=1S/C17H28FN3O2S.HI/c1-13(2)9-10-14(3)21-17(19-4)20-11-12-24(22,23)16-8-6-5-7-15(16)18;/h5-8,13-14H,9-12H2,1-4H3,(H2,19,20,21);1H. The summed E-state index contributed by atoms with van der Waals surface area (Å²) in [6, 6.07) is 5.65. The number of guanidine groups is 1. The number of aliphatic imine (C=N–C) groups is 1. The molecule has 1 atom stereocenters. The highest BCUT2D eigenvalue weighted by Crippen LogP contribution is 2.14. The average molecular weight is 485 g/mol. The molecule has 0 saturated carbocycles. The molecule has 0 saturated heterocycles. The number of rotatable bonds is 8. The second kappa shape index (κ2) is 11.7. The van der Waals surface area contributed by atoms with Crippen molar-refractivity contribution in [1.82, 2.24) is 10.6 Å². The predicted molar refractivity (Wildman–Crippen MR) is 112 cm³/mol. The van der Waals surface area contributed by atoms with Gasteiger partial charge in [-0.2, -0.15) is 0 Å². The zero-order chi connectivity index (χ0) is 18.2. The zero-order valence-electron chi connectivity index (χ0n) is 15.3. The van der Waals surface area contributed by atoms with E-state index in [-0.39, 0.29) is 47.2 Å². The Hall–Kier alpha value is -0.900. The topological polar surface area (TPSA) is 70.6 Å². The normalized spacial score (nSPS) is 13.3. The average Bonchev–Trinajstić information content (AvgIpc) is 2.52. The third-order valence-corrected chi connectivity index (χ3v) is 5.36. The number of benzene rings is 1. The number of sulfone groups is 1. The van der Waals surface area contributed by atoms with Crippen LogP contribution in [0.4, 0.5) is 4.39 Å². The smallest absolute Gasteiger partial charge is 0.191 e. The lowest BCUT2D eigenvalue weighted by Crippen LogP contribution is -2.43. The Morgan fingerprint density at radius 2 is 1.84 bits per heavy atom. The largest absolute Gasteiger partial charge is 0.355 e. The summed E-state index contributed by atoms with van der Waals surface area (Å²) in [5, 5.41) is 6.20. The van der Waals surface area contributed by atoms with E-state index in [1.54, 1.807) is 7.05 Å². The maximum Gasteiger partial charge on any atom is 0.191 e. The van der Waals surface area contributed by atoms with Crippen LogP contribution in [0.2, 0.25) is 0 Å². The Morgan fingerprint density at radius 3 is 2.40 bits per heavy atom. The van der Waals surface area contributed by atoms with Gasteiger partial charge in [-0.3, -0.25) is 4.99 Å². The first kappa shape index (κ1) is 24.1. The number of nitrogens with one attached hydrogen (secondary N) is 2. The van der Waals surface area contributed by atoms with Crippen LogP contribution in [0.1, 0.15) is 33.6 Å². The van der Waals surface area contributed by atoms with Gasteiger partial charge in [0, 0.05) is 19.6 Å². The van der Waals surface area contributed by atoms with E-state index in [0.717, 1.165) is 18.9 Å². The molecule has 1 unspecified atom stereocenters. The fourth-order valence-corrected chi connectivity index (χ4v) is 3.44. The van der Waals surface area contributed by atoms with Crippen LogP contribution in [0.3, 0.4) is 0 Å². The minimum Gasteiger partial charge on any atom is -0.355 e. The van der Waals surface area contributed by atoms with Gasteiger partial charge in [-0.15, -0.1) is 24.0 Å². The minimum absolute atomic E-state index is 0. The summed E-state index contributed by atoms with van der Waals surface area (Å²) < 4.78 is 38.0. The quantitative estimate of drug-likeness (QED) is 0.337. The van der Waals surface area contributed by atoms with Gasteiger partial charge in [0.25, 0.3) is 0 Å². The van der Waals surface area contributed by atoms with Crippen molar-refractivity contribution in [3.8, 4) is 0 Å². The lowest BCUT2D eigenvalue weighted by molar-refractivity contribution is 0.489. The van der Waals surface area contributed by atoms with Crippen LogP contribution in [0, 0.1) is 11.7 Å². The van der Waals surface area contributed by atoms with Gasteiger partial charge in [0.05, 0.1) is 5.75 Å². The second-order valence-corrected chi connectivity index (χ2v) is 8.34. The lowest BCUT2D eigenvalue weighted by atomic mass is 10.0. The number of hydrogen-bond acceptors (Lipinski definition) is 3. The maximum absolute atomic E-state index is 13.6. The molecule has 144 valence electrons. The molecule has 25 heavy (non-hydrogen) atoms. The van der Waals surface area contributed by atoms with Crippen LogP contribution >= 0.6 is 24.0 Å². The summed E-state index contributed by atoms with van der Waals surface area (Å²) in [6.45, 7) is 6.57. The van der Waals surface area contributed by atoms with Crippen molar-refractivity contribution in [2.75, 3.05) is 19.3 Å². The molecular formula is C17H29FIN3O2S. The summed E-state index contributed by atoms with van der Waals surface area (Å²) in [5.41, 5.74) is 0. The molecule has 5 nitrogen and oxygen atoms in total. The van der Waals surface area contributed by atoms with E-state index < -0.39 is 15.7 Å². The zero-order valence-corrected chi connectivity index (χ0v) is 18.4. The fraction of sp³-hybridized carbons (Fsp3) is 0.588. The summed E-state index contributed by atoms with van der Waals surface area (Å²) in [5.74, 6) is 0.266. The molecule has 1 aromatic carbocycles. The number of halogens is 2. The summed E-state index contributed by atoms with van der Waals surface area (Å²) in [7, 11) is -2.03. The van der Waals surface area contributed by atoms with Crippen molar-refractivity contribution in [3.63, 3.8) is 0 Å². The van der Waals surface area contributed by atoms with Gasteiger partial charge in [-0.25, -0.2) is 12.8 Å². The lowest BCUT2D eigenvalue weighted by Gasteiger charge is -2.18. The van der Waals surface area contributed by atoms with Gasteiger partial charge >= 0.3 is 0 Å². The van der Waals surface area contributed by atoms with E-state index in [1.807, 2.05) is 0 Å². The van der Waals surface area contributed by atoms with Crippen LogP contribution in [0.15, 0.2) is 34.2 Å². The van der Waals surface area contributed by atoms with E-state index >= 15 is 0 Å². The van der Waals surface area contributed by atoms with E-state index in [1.165, 1.54) is 18.2 Å². The van der Waals surface area contributed by atoms with Crippen molar-refractivity contribution in [2.45, 2.75) is 44.6 Å². The Morgan fingerprint density at radius 1 is 1.20 bits per heavy atom. The molecule has 8 heteroatoms. The van der Waals surface area contributed by atoms with Crippen molar-refractivity contribution in [3.05, 3.63) is 30.1 Å². The van der Waals surface area contributed by atoms with Crippen molar-refractivity contribution in [1.29, 1.82) is 0 Å². The minimum atomic E-state index is -3.67. The molecule has 0 aromatic heterocycles. The predicted octanol–water partition coefficient (Wildman–Crippen LogP) is 3.21. The first-order chi connectivity index (χ1) is 11.3. The van der Waals surface area contributed by atoms with E-state index in [0.29, 0.717) is 11.9 Å². The first-order valence-electron chi connectivity index (χ1n) is 8.20. The molecule has 1 aromatic rings. The summed E-state index contributed by atoms with van der Waals surface area (Å²) in [4.78, 5) is 3.83. The van der Waals surface area contributed by atoms with Gasteiger partial charge in [-0.1, -0.05) is 26.0 Å². The SMILES string of the molecule is CN=C(NCCS(=O)(=O)c1ccccc1F)NC(C)CCC(C)C.I. The third kappa shape index (κ3) is 8.84. The second-order valence-electron chi connectivity index (χ2n) is 6.26. The molecule has 0 aliphatic heterocycles. The van der Waals surface area contributed by atoms with Crippen LogP contribution in [-0.2, 0) is 9.84 Å².